The zero-order chi connectivity index (χ0) is 9.84. The quantitative estimate of drug-likeness (QED) is 0.819. The first kappa shape index (κ1) is 10.3. The highest BCUT2D eigenvalue weighted by Crippen LogP contribution is 2.28. The van der Waals surface area contributed by atoms with Crippen LogP contribution in [0.2, 0.25) is 5.02 Å². The summed E-state index contributed by atoms with van der Waals surface area (Å²) in [5, 5.41) is 8.70. The maximum Gasteiger partial charge on any atom is 0.183 e. The van der Waals surface area contributed by atoms with E-state index in [0.29, 0.717) is 12.2 Å². The molecular formula is C9H10ClFO2. The molecule has 0 bridgehead atoms. The molecule has 0 aliphatic rings. The van der Waals surface area contributed by atoms with Crippen molar-refractivity contribution in [1.82, 2.24) is 0 Å². The maximum absolute atomic E-state index is 13.3. The van der Waals surface area contributed by atoms with Crippen molar-refractivity contribution in [1.29, 1.82) is 0 Å². The van der Waals surface area contributed by atoms with Crippen LogP contribution in [0.15, 0.2) is 12.1 Å². The first-order valence-corrected chi connectivity index (χ1v) is 4.29. The Hall–Kier alpha value is -0.800. The number of hydrogen-bond acceptors (Lipinski definition) is 2. The first-order valence-electron chi connectivity index (χ1n) is 3.91. The molecule has 72 valence electrons. The summed E-state index contributed by atoms with van der Waals surface area (Å²) in [4.78, 5) is 0. The lowest BCUT2D eigenvalue weighted by Crippen LogP contribution is -1.97. The van der Waals surface area contributed by atoms with Crippen LogP contribution in [0.4, 0.5) is 4.39 Å². The maximum atomic E-state index is 13.3. The number of aliphatic hydroxyl groups excluding tert-OH is 1. The highest BCUT2D eigenvalue weighted by atomic mass is 35.5. The molecule has 0 aromatic heterocycles. The lowest BCUT2D eigenvalue weighted by atomic mass is 10.2. The largest absolute Gasteiger partial charge is 0.491 e. The molecule has 0 aliphatic carbocycles. The van der Waals surface area contributed by atoms with Gasteiger partial charge in [-0.1, -0.05) is 17.7 Å². The number of ether oxygens (including phenoxy) is 1. The smallest absolute Gasteiger partial charge is 0.183 e. The molecule has 13 heavy (non-hydrogen) atoms. The Balaban J connectivity index is 3.07. The molecule has 0 saturated heterocycles. The molecule has 4 heteroatoms. The summed E-state index contributed by atoms with van der Waals surface area (Å²) >= 11 is 5.62. The minimum Gasteiger partial charge on any atom is -0.491 e. The second-order valence-electron chi connectivity index (χ2n) is 2.44. The van der Waals surface area contributed by atoms with Gasteiger partial charge in [-0.05, 0) is 18.6 Å². The van der Waals surface area contributed by atoms with Gasteiger partial charge in [-0.2, -0.15) is 0 Å². The zero-order valence-electron chi connectivity index (χ0n) is 7.18. The lowest BCUT2D eigenvalue weighted by Gasteiger charge is -2.07. The van der Waals surface area contributed by atoms with Crippen LogP contribution in [0.3, 0.4) is 0 Å². The molecule has 1 aromatic carbocycles. The van der Waals surface area contributed by atoms with Crippen molar-refractivity contribution < 1.29 is 14.2 Å². The van der Waals surface area contributed by atoms with Gasteiger partial charge in [0.15, 0.2) is 11.6 Å². The second-order valence-corrected chi connectivity index (χ2v) is 2.82. The Labute approximate surface area is 80.9 Å². The molecular weight excluding hydrogens is 195 g/mol. The van der Waals surface area contributed by atoms with Crippen LogP contribution < -0.4 is 4.74 Å². The van der Waals surface area contributed by atoms with E-state index in [1.54, 1.807) is 6.92 Å². The Bertz CT molecular complexity index is 302. The highest BCUT2D eigenvalue weighted by Gasteiger charge is 2.11. The Kier molecular flexibility index (Phi) is 3.51. The molecule has 1 rings (SSSR count). The van der Waals surface area contributed by atoms with Crippen molar-refractivity contribution in [3.8, 4) is 5.75 Å². The molecule has 0 heterocycles. The topological polar surface area (TPSA) is 29.5 Å². The standard InChI is InChI=1S/C9H10ClFO2/c1-2-13-7-4-3-6(5-12)8(10)9(7)11/h3-4,12H,2,5H2,1H3. The van der Waals surface area contributed by atoms with Crippen molar-refractivity contribution in [3.05, 3.63) is 28.5 Å². The van der Waals surface area contributed by atoms with Crippen molar-refractivity contribution >= 4 is 11.6 Å². The van der Waals surface area contributed by atoms with Gasteiger partial charge in [0.05, 0.1) is 18.2 Å². The van der Waals surface area contributed by atoms with Crippen molar-refractivity contribution in [2.45, 2.75) is 13.5 Å². The normalized spacial score (nSPS) is 10.2. The predicted octanol–water partition coefficient (Wildman–Crippen LogP) is 2.37. The summed E-state index contributed by atoms with van der Waals surface area (Å²) in [5.74, 6) is -0.500. The molecule has 0 atom stereocenters. The van der Waals surface area contributed by atoms with Crippen LogP contribution in [0.1, 0.15) is 12.5 Å². The van der Waals surface area contributed by atoms with Crippen LogP contribution in [0, 0.1) is 5.82 Å². The Morgan fingerprint density at radius 3 is 2.77 bits per heavy atom. The minimum absolute atomic E-state index is 0.0755. The van der Waals surface area contributed by atoms with E-state index in [0.717, 1.165) is 0 Å². The predicted molar refractivity (Wildman–Crippen MR) is 48.5 cm³/mol. The average Bonchev–Trinajstić information content (AvgIpc) is 2.14. The van der Waals surface area contributed by atoms with E-state index in [4.69, 9.17) is 21.4 Å². The fourth-order valence-electron chi connectivity index (χ4n) is 0.961. The van der Waals surface area contributed by atoms with Gasteiger partial charge in [0.25, 0.3) is 0 Å². The Morgan fingerprint density at radius 2 is 2.23 bits per heavy atom. The molecule has 0 fully saturated rings. The molecule has 0 amide bonds. The van der Waals surface area contributed by atoms with Crippen molar-refractivity contribution in [3.63, 3.8) is 0 Å². The van der Waals surface area contributed by atoms with E-state index in [2.05, 4.69) is 0 Å². The van der Waals surface area contributed by atoms with Crippen LogP contribution >= 0.6 is 11.6 Å². The molecule has 0 radical (unpaired) electrons. The fraction of sp³-hybridized carbons (Fsp3) is 0.333. The van der Waals surface area contributed by atoms with Gasteiger partial charge < -0.3 is 9.84 Å². The van der Waals surface area contributed by atoms with Gasteiger partial charge in [-0.25, -0.2) is 4.39 Å². The van der Waals surface area contributed by atoms with Gasteiger partial charge in [-0.3, -0.25) is 0 Å². The first-order chi connectivity index (χ1) is 6.20. The van der Waals surface area contributed by atoms with Crippen molar-refractivity contribution in [2.75, 3.05) is 6.61 Å². The molecule has 1 N–H and O–H groups in total. The number of hydrogen-bond donors (Lipinski definition) is 1. The monoisotopic (exact) mass is 204 g/mol. The summed E-state index contributed by atoms with van der Waals surface area (Å²) in [7, 11) is 0. The van der Waals surface area contributed by atoms with E-state index in [1.165, 1.54) is 12.1 Å². The third-order valence-electron chi connectivity index (χ3n) is 1.60. The molecule has 0 aliphatic heterocycles. The molecule has 2 nitrogen and oxygen atoms in total. The van der Waals surface area contributed by atoms with E-state index in [-0.39, 0.29) is 17.4 Å². The SMILES string of the molecule is CCOc1ccc(CO)c(Cl)c1F. The van der Waals surface area contributed by atoms with E-state index in [1.807, 2.05) is 0 Å². The van der Waals surface area contributed by atoms with E-state index in [9.17, 15) is 4.39 Å². The van der Waals surface area contributed by atoms with Crippen LogP contribution in [-0.2, 0) is 6.61 Å². The zero-order valence-corrected chi connectivity index (χ0v) is 7.94. The average molecular weight is 205 g/mol. The van der Waals surface area contributed by atoms with Gasteiger partial charge in [0.1, 0.15) is 0 Å². The van der Waals surface area contributed by atoms with E-state index < -0.39 is 5.82 Å². The molecule has 0 saturated carbocycles. The number of halogens is 2. The van der Waals surface area contributed by atoms with Gasteiger partial charge in [0.2, 0.25) is 0 Å². The molecule has 0 unspecified atom stereocenters. The Morgan fingerprint density at radius 1 is 1.54 bits per heavy atom. The lowest BCUT2D eigenvalue weighted by molar-refractivity contribution is 0.280. The summed E-state index contributed by atoms with van der Waals surface area (Å²) in [5.41, 5.74) is 0.364. The van der Waals surface area contributed by atoms with Crippen LogP contribution in [0.25, 0.3) is 0 Å². The number of rotatable bonds is 3. The fourth-order valence-corrected chi connectivity index (χ4v) is 1.18. The summed E-state index contributed by atoms with van der Waals surface area (Å²) in [6, 6.07) is 2.99. The van der Waals surface area contributed by atoms with Gasteiger partial charge >= 0.3 is 0 Å². The van der Waals surface area contributed by atoms with Gasteiger partial charge in [0, 0.05) is 0 Å². The highest BCUT2D eigenvalue weighted by molar-refractivity contribution is 6.31. The summed E-state index contributed by atoms with van der Waals surface area (Å²) < 4.78 is 18.2. The minimum atomic E-state index is -0.616. The third kappa shape index (κ3) is 2.11. The van der Waals surface area contributed by atoms with Crippen LogP contribution in [0.5, 0.6) is 5.75 Å². The number of benzene rings is 1. The summed E-state index contributed by atoms with van der Waals surface area (Å²) in [6.07, 6.45) is 0. The molecule has 1 aromatic rings. The number of aliphatic hydroxyl groups is 1. The van der Waals surface area contributed by atoms with Crippen LogP contribution in [-0.4, -0.2) is 11.7 Å². The van der Waals surface area contributed by atoms with Gasteiger partial charge in [-0.15, -0.1) is 0 Å². The van der Waals surface area contributed by atoms with Crippen molar-refractivity contribution in [2.24, 2.45) is 0 Å². The van der Waals surface area contributed by atoms with E-state index >= 15 is 0 Å². The second kappa shape index (κ2) is 4.44. The molecule has 0 spiro atoms. The summed E-state index contributed by atoms with van der Waals surface area (Å²) in [6.45, 7) is 1.86. The third-order valence-corrected chi connectivity index (χ3v) is 2.01.